The summed E-state index contributed by atoms with van der Waals surface area (Å²) < 4.78 is 36.8. The molecule has 0 aromatic heterocycles. The number of hydrogen-bond donors (Lipinski definition) is 1. The van der Waals surface area contributed by atoms with E-state index >= 15 is 0 Å². The average Bonchev–Trinajstić information content (AvgIpc) is 0.744. The Hall–Kier alpha value is -8.29. The van der Waals surface area contributed by atoms with Gasteiger partial charge in [0.15, 0.2) is 0 Å². The van der Waals surface area contributed by atoms with Crippen LogP contribution in [0.25, 0.3) is 64.6 Å². The number of carbonyl (C=O) groups excluding carboxylic acids is 6. The van der Waals surface area contributed by atoms with Crippen LogP contribution in [0.1, 0.15) is 195 Å². The van der Waals surface area contributed by atoms with E-state index in [-0.39, 0.29) is 95.7 Å². The lowest BCUT2D eigenvalue weighted by atomic mass is 9.50. The lowest BCUT2D eigenvalue weighted by Crippen LogP contribution is -2.56. The molecule has 111 heavy (non-hydrogen) atoms. The fourth-order valence-corrected chi connectivity index (χ4v) is 22.8. The minimum absolute atomic E-state index is 0.0180. The first-order chi connectivity index (χ1) is 53.3. The molecular formula is C98H112O12S. The molecule has 13 heteroatoms. The van der Waals surface area contributed by atoms with E-state index in [1.807, 2.05) is 88.3 Å². The van der Waals surface area contributed by atoms with Crippen LogP contribution < -0.4 is 0 Å². The zero-order valence-electron chi connectivity index (χ0n) is 66.7. The minimum Gasteiger partial charge on any atom is -0.462 e. The lowest BCUT2D eigenvalue weighted by Gasteiger charge is -2.56. The second kappa shape index (κ2) is 30.9. The summed E-state index contributed by atoms with van der Waals surface area (Å²) in [5.74, 6) is 3.85. The molecule has 12 fully saturated rings. The van der Waals surface area contributed by atoms with Crippen molar-refractivity contribution < 1.29 is 57.2 Å². The van der Waals surface area contributed by atoms with Crippen molar-refractivity contribution in [2.24, 2.45) is 107 Å². The maximum absolute atomic E-state index is 13.7. The first-order valence-electron chi connectivity index (χ1n) is 42.1. The first kappa shape index (κ1) is 76.7. The van der Waals surface area contributed by atoms with E-state index in [4.69, 9.17) is 28.4 Å². The van der Waals surface area contributed by atoms with Crippen LogP contribution in [-0.2, 0) is 68.4 Å². The largest absolute Gasteiger partial charge is 0.462 e. The van der Waals surface area contributed by atoms with Gasteiger partial charge in [-0.1, -0.05) is 151 Å². The van der Waals surface area contributed by atoms with Gasteiger partial charge in [-0.25, -0.2) is 0 Å². The molecule has 0 radical (unpaired) electrons. The fraction of sp³-hybridized carbons (Fsp3) is 0.510. The van der Waals surface area contributed by atoms with Crippen molar-refractivity contribution in [2.45, 2.75) is 213 Å². The molecule has 0 N–H and O–H groups in total. The van der Waals surface area contributed by atoms with Gasteiger partial charge in [0.05, 0.1) is 35.5 Å². The highest BCUT2D eigenvalue weighted by molar-refractivity contribution is 7.80. The van der Waals surface area contributed by atoms with Gasteiger partial charge in [-0.05, 0) is 332 Å². The highest BCUT2D eigenvalue weighted by Crippen LogP contribution is 2.61. The van der Waals surface area contributed by atoms with Crippen LogP contribution in [-0.4, -0.2) is 54.1 Å². The molecule has 0 saturated heterocycles. The summed E-state index contributed by atoms with van der Waals surface area (Å²) in [6.07, 6.45) is 13.9. The van der Waals surface area contributed by atoms with Crippen molar-refractivity contribution in [1.29, 1.82) is 0 Å². The summed E-state index contributed by atoms with van der Waals surface area (Å²) in [7, 11) is 0. The Morgan fingerprint density at radius 1 is 0.342 bits per heavy atom. The summed E-state index contributed by atoms with van der Waals surface area (Å²) in [5, 5.41) is 14.2. The zero-order valence-corrected chi connectivity index (χ0v) is 67.6. The van der Waals surface area contributed by atoms with Crippen LogP contribution in [0.2, 0.25) is 0 Å². The Balaban J connectivity index is 0.000000126. The van der Waals surface area contributed by atoms with Crippen LogP contribution in [0.3, 0.4) is 0 Å². The van der Waals surface area contributed by atoms with Crippen molar-refractivity contribution in [3.63, 3.8) is 0 Å². The molecular weight excluding hydrogens is 1400 g/mol. The lowest BCUT2D eigenvalue weighted by molar-refractivity contribution is -0.195. The minimum atomic E-state index is -0.728. The summed E-state index contributed by atoms with van der Waals surface area (Å²) in [6.45, 7) is 21.9. The summed E-state index contributed by atoms with van der Waals surface area (Å²) in [4.78, 5) is 79.1. The monoisotopic (exact) mass is 1510 g/mol. The standard InChI is InChI=1S/C33H38O4S.C33H38O4.C32H36O4/c1-5-18(2)31(34)36-30-24-12-22-13-25(30)15-23(14-24)29(22)32(35)37-33(3,4)26-10-9-19-17-27-20(11-21(19)16-26)7-6-8-28(27)38;1-5-19(2)31(34)36-30-26-14-24-15-27(30)17-25(16-26)29(24)32(35)37-33(3,4)28-11-10-22-12-20-8-6-7-9-21(20)13-23(22)18-28;1-4-18(2)31(33)36-30-25-14-23-15-26(30)17-24(16-25)29(23)32(34)35-19(3)21-11-12-28-22(13-21)10-9-20-7-5-6-8-27(20)28/h6-11,16-18,22-25,29-30,38H,5,12-15H2,1-4H3;6-13,18-19,24-27,29-30H,5,14-17H2,1-4H3;5-13,18-19,23-26,29-30H,4,14-17H2,1-3H3. The number of esters is 6. The Morgan fingerprint density at radius 3 is 1.11 bits per heavy atom. The first-order valence-corrected chi connectivity index (χ1v) is 42.5. The van der Waals surface area contributed by atoms with Crippen molar-refractivity contribution in [3.8, 4) is 0 Å². The Bertz CT molecular complexity index is 4980. The predicted molar refractivity (Wildman–Crippen MR) is 440 cm³/mol. The van der Waals surface area contributed by atoms with E-state index in [9.17, 15) is 28.8 Å². The molecule has 12 saturated carbocycles. The second-order valence-corrected chi connectivity index (χ2v) is 37.0. The van der Waals surface area contributed by atoms with Gasteiger partial charge in [0.1, 0.15) is 35.6 Å². The molecule has 4 unspecified atom stereocenters. The molecule has 0 amide bonds. The average molecular weight is 1510 g/mol. The highest BCUT2D eigenvalue weighted by atomic mass is 32.1. The molecule has 0 spiro atoms. The third-order valence-electron chi connectivity index (χ3n) is 28.9. The Labute approximate surface area is 660 Å². The molecule has 0 heterocycles. The third kappa shape index (κ3) is 15.0. The van der Waals surface area contributed by atoms with Crippen LogP contribution in [0.5, 0.6) is 0 Å². The van der Waals surface area contributed by atoms with E-state index in [0.717, 1.165) is 145 Å². The van der Waals surface area contributed by atoms with Crippen LogP contribution in [0.4, 0.5) is 0 Å². The van der Waals surface area contributed by atoms with Gasteiger partial charge in [-0.3, -0.25) is 28.8 Å². The molecule has 9 aromatic carbocycles. The van der Waals surface area contributed by atoms with E-state index in [2.05, 4.69) is 158 Å². The smallest absolute Gasteiger partial charge is 0.310 e. The van der Waals surface area contributed by atoms with Crippen LogP contribution in [0.15, 0.2) is 163 Å². The number of ether oxygens (including phenoxy) is 6. The summed E-state index contributed by atoms with van der Waals surface area (Å²) in [5.41, 5.74) is 1.62. The van der Waals surface area contributed by atoms with Crippen molar-refractivity contribution in [1.82, 2.24) is 0 Å². The Kier molecular flexibility index (Phi) is 21.3. The molecule has 4 atom stereocenters. The Morgan fingerprint density at radius 2 is 0.676 bits per heavy atom. The molecule has 0 aliphatic heterocycles. The van der Waals surface area contributed by atoms with Crippen LogP contribution in [0, 0.1) is 107 Å². The second-order valence-electron chi connectivity index (χ2n) is 36.5. The number of fused-ring (bicyclic) bond motifs is 7. The number of rotatable bonds is 18. The number of benzene rings is 9. The van der Waals surface area contributed by atoms with Gasteiger partial charge >= 0.3 is 35.8 Å². The number of hydrogen-bond acceptors (Lipinski definition) is 13. The predicted octanol–water partition coefficient (Wildman–Crippen LogP) is 22.3. The molecule has 12 bridgehead atoms. The van der Waals surface area contributed by atoms with Gasteiger partial charge in [-0.15, -0.1) is 12.6 Å². The van der Waals surface area contributed by atoms with Crippen LogP contribution >= 0.6 is 12.6 Å². The quantitative estimate of drug-likeness (QED) is 0.0285. The fourth-order valence-electron chi connectivity index (χ4n) is 22.5. The van der Waals surface area contributed by atoms with Gasteiger partial charge < -0.3 is 28.4 Å². The summed E-state index contributed by atoms with van der Waals surface area (Å²) in [6, 6.07) is 55.2. The van der Waals surface area contributed by atoms with E-state index in [1.165, 1.54) is 37.7 Å². The number of carbonyl (C=O) groups is 6. The van der Waals surface area contributed by atoms with E-state index in [0.29, 0.717) is 71.0 Å². The van der Waals surface area contributed by atoms with Gasteiger partial charge in [0.2, 0.25) is 0 Å². The maximum atomic E-state index is 13.7. The van der Waals surface area contributed by atoms with Crippen molar-refractivity contribution in [2.75, 3.05) is 0 Å². The normalized spacial score (nSPS) is 29.5. The van der Waals surface area contributed by atoms with Gasteiger partial charge in [-0.2, -0.15) is 0 Å². The van der Waals surface area contributed by atoms with Gasteiger partial charge in [0.25, 0.3) is 0 Å². The van der Waals surface area contributed by atoms with Crippen molar-refractivity contribution >= 4 is 113 Å². The molecule has 582 valence electrons. The SMILES string of the molecule is CCC(C)C(=O)OC1C2CC3CC1CC(C2)C3C(=O)OC(C)(C)c1ccc2cc3c(S)cccc3cc2c1.CCC(C)C(=O)OC1C2CC3CC1CC(C2)C3C(=O)OC(C)(C)c1ccc2cc3ccccc3cc2c1.CCC(C)C(=O)OC1C2CC3CC1CC(C2)C3C(=O)OC(C)c1ccc2c(ccc3ccccc32)c1. The molecule has 12 aliphatic carbocycles. The molecule has 12 aliphatic rings. The third-order valence-corrected chi connectivity index (χ3v) is 29.3. The topological polar surface area (TPSA) is 158 Å². The molecule has 12 nitrogen and oxygen atoms in total. The molecule has 21 rings (SSSR count). The molecule has 9 aromatic rings. The maximum Gasteiger partial charge on any atom is 0.310 e. The van der Waals surface area contributed by atoms with Gasteiger partial charge in [0, 0.05) is 4.90 Å². The highest BCUT2D eigenvalue weighted by Gasteiger charge is 2.60. The van der Waals surface area contributed by atoms with Crippen molar-refractivity contribution in [3.05, 3.63) is 174 Å². The zero-order chi connectivity index (χ0) is 77.6. The summed E-state index contributed by atoms with van der Waals surface area (Å²) >= 11 is 4.62. The van der Waals surface area contributed by atoms with E-state index < -0.39 is 11.2 Å². The number of thiol groups is 1. The van der Waals surface area contributed by atoms with E-state index in [1.54, 1.807) is 0 Å².